The number of benzene rings is 2. The van der Waals surface area contributed by atoms with Gasteiger partial charge in [0.05, 0.1) is 23.2 Å². The molecule has 0 spiro atoms. The number of phenolic OH excluding ortho intramolecular Hbond substituents is 1. The van der Waals surface area contributed by atoms with Crippen LogP contribution in [-0.2, 0) is 0 Å². The molecule has 0 saturated carbocycles. The number of fused-ring (bicyclic) bond motifs is 3. The van der Waals surface area contributed by atoms with Crippen molar-refractivity contribution in [3.8, 4) is 28.5 Å². The maximum absolute atomic E-state index is 15.8. The fourth-order valence-corrected chi connectivity index (χ4v) is 4.76. The van der Waals surface area contributed by atoms with Crippen molar-refractivity contribution in [1.29, 1.82) is 0 Å². The Kier molecular flexibility index (Phi) is 7.05. The van der Waals surface area contributed by atoms with Crippen LogP contribution in [-0.4, -0.2) is 57.5 Å². The predicted octanol–water partition coefficient (Wildman–Crippen LogP) is 6.09. The molecule has 35 heavy (non-hydrogen) atoms. The first-order valence-electron chi connectivity index (χ1n) is 11.6. The number of aromatic amines is 1. The minimum Gasteiger partial charge on any atom is -0.506 e. The summed E-state index contributed by atoms with van der Waals surface area (Å²) in [5, 5.41) is 18.7. The number of hydrogen-bond donors (Lipinski definition) is 2. The summed E-state index contributed by atoms with van der Waals surface area (Å²) < 4.78 is 27.7. The van der Waals surface area contributed by atoms with Crippen molar-refractivity contribution >= 4 is 33.4 Å². The lowest BCUT2D eigenvalue weighted by Crippen LogP contribution is -2.39. The molecule has 186 valence electrons. The quantitative estimate of drug-likeness (QED) is 0.304. The monoisotopic (exact) mass is 500 g/mol. The molecule has 2 heterocycles. The zero-order chi connectivity index (χ0) is 25.4. The maximum Gasteiger partial charge on any atom is 0.182 e. The Morgan fingerprint density at radius 2 is 1.83 bits per heavy atom. The van der Waals surface area contributed by atoms with E-state index in [2.05, 4.69) is 47.8 Å². The van der Waals surface area contributed by atoms with Crippen molar-refractivity contribution < 1.29 is 19.0 Å². The molecule has 0 aliphatic carbocycles. The Morgan fingerprint density at radius 3 is 2.46 bits per heavy atom. The molecule has 9 heteroatoms. The largest absolute Gasteiger partial charge is 0.506 e. The zero-order valence-electron chi connectivity index (χ0n) is 20.7. The minimum atomic E-state index is -0.505. The third-order valence-corrected chi connectivity index (χ3v) is 6.49. The Labute approximate surface area is 208 Å². The highest BCUT2D eigenvalue weighted by atomic mass is 35.5. The van der Waals surface area contributed by atoms with Gasteiger partial charge in [-0.05, 0) is 52.8 Å². The fraction of sp³-hybridized carbons (Fsp3) is 0.385. The molecule has 2 N–H and O–H groups in total. The summed E-state index contributed by atoms with van der Waals surface area (Å²) in [6.07, 6.45) is 0. The van der Waals surface area contributed by atoms with Crippen molar-refractivity contribution in [2.45, 2.75) is 46.7 Å². The third-order valence-electron chi connectivity index (χ3n) is 6.19. The molecular weight excluding hydrogens is 471 g/mol. The number of aryl methyl sites for hydroxylation is 1. The molecular formula is C26H30ClFN4O3. The molecule has 0 fully saturated rings. The lowest BCUT2D eigenvalue weighted by Gasteiger charge is -2.30. The van der Waals surface area contributed by atoms with E-state index in [9.17, 15) is 5.11 Å². The minimum absolute atomic E-state index is 0.0676. The van der Waals surface area contributed by atoms with Gasteiger partial charge in [0.2, 0.25) is 0 Å². The summed E-state index contributed by atoms with van der Waals surface area (Å²) in [5.74, 6) is 0.148. The zero-order valence-corrected chi connectivity index (χ0v) is 21.5. The average Bonchev–Trinajstić information content (AvgIpc) is 3.18. The van der Waals surface area contributed by atoms with Crippen molar-refractivity contribution in [3.05, 3.63) is 40.8 Å². The molecule has 0 bridgehead atoms. The van der Waals surface area contributed by atoms with Gasteiger partial charge in [0.15, 0.2) is 17.1 Å². The number of aromatic nitrogens is 3. The lowest BCUT2D eigenvalue weighted by atomic mass is 9.99. The number of ether oxygens (including phenoxy) is 2. The van der Waals surface area contributed by atoms with Crippen LogP contribution >= 0.6 is 11.6 Å². The molecule has 4 aromatic rings. The standard InChI is InChI=1S/C26H30ClFN4O3/c1-13(2)32(14(3)4)9-10-35-20-12-18(28)22-23(25(20)34-6)21-15(5)30-31-26(21)29-24(22)16-7-8-19(33)17(27)11-16/h7-8,11-14,33H,9-10H2,1-6H3,(H,29,30,31). The van der Waals surface area contributed by atoms with Gasteiger partial charge < -0.3 is 14.6 Å². The first-order chi connectivity index (χ1) is 16.6. The number of nitrogens with one attached hydrogen (secondary N) is 1. The first kappa shape index (κ1) is 25.0. The van der Waals surface area contributed by atoms with Gasteiger partial charge in [-0.1, -0.05) is 11.6 Å². The van der Waals surface area contributed by atoms with Crippen LogP contribution in [0.4, 0.5) is 4.39 Å². The number of aromatic hydroxyl groups is 1. The van der Waals surface area contributed by atoms with Crippen LogP contribution in [0.3, 0.4) is 0 Å². The maximum atomic E-state index is 15.8. The fourth-order valence-electron chi connectivity index (χ4n) is 4.58. The molecule has 0 radical (unpaired) electrons. The molecule has 0 amide bonds. The van der Waals surface area contributed by atoms with E-state index >= 15 is 4.39 Å². The summed E-state index contributed by atoms with van der Waals surface area (Å²) in [7, 11) is 1.53. The van der Waals surface area contributed by atoms with Crippen molar-refractivity contribution in [3.63, 3.8) is 0 Å². The van der Waals surface area contributed by atoms with Gasteiger partial charge in [-0.3, -0.25) is 10.00 Å². The van der Waals surface area contributed by atoms with E-state index < -0.39 is 5.82 Å². The van der Waals surface area contributed by atoms with Gasteiger partial charge in [0, 0.05) is 46.7 Å². The molecule has 0 aliphatic rings. The Morgan fingerprint density at radius 1 is 1.11 bits per heavy atom. The van der Waals surface area contributed by atoms with E-state index in [1.54, 1.807) is 12.1 Å². The first-order valence-corrected chi connectivity index (χ1v) is 11.9. The topological polar surface area (TPSA) is 83.5 Å². The summed E-state index contributed by atoms with van der Waals surface area (Å²) in [4.78, 5) is 6.93. The van der Waals surface area contributed by atoms with Gasteiger partial charge in [0.25, 0.3) is 0 Å². The predicted molar refractivity (Wildman–Crippen MR) is 137 cm³/mol. The van der Waals surface area contributed by atoms with Gasteiger partial charge in [-0.25, -0.2) is 9.37 Å². The highest BCUT2D eigenvalue weighted by molar-refractivity contribution is 6.32. The highest BCUT2D eigenvalue weighted by Gasteiger charge is 2.24. The number of phenols is 1. The van der Waals surface area contributed by atoms with Crippen LogP contribution in [0.2, 0.25) is 5.02 Å². The summed E-state index contributed by atoms with van der Waals surface area (Å²) >= 11 is 6.15. The van der Waals surface area contributed by atoms with Crippen LogP contribution in [0, 0.1) is 12.7 Å². The van der Waals surface area contributed by atoms with E-state index in [1.807, 2.05) is 6.92 Å². The van der Waals surface area contributed by atoms with E-state index in [0.717, 1.165) is 5.69 Å². The van der Waals surface area contributed by atoms with Crippen molar-refractivity contribution in [1.82, 2.24) is 20.1 Å². The molecule has 0 saturated heterocycles. The number of hydrogen-bond acceptors (Lipinski definition) is 6. The van der Waals surface area contributed by atoms with E-state index in [1.165, 1.54) is 19.2 Å². The smallest absolute Gasteiger partial charge is 0.182 e. The molecule has 0 aliphatic heterocycles. The Bertz CT molecular complexity index is 1380. The normalized spacial score (nSPS) is 12.0. The molecule has 4 rings (SSSR count). The summed E-state index contributed by atoms with van der Waals surface area (Å²) in [5.41, 5.74) is 2.02. The van der Waals surface area contributed by atoms with Crippen molar-refractivity contribution in [2.75, 3.05) is 20.3 Å². The number of rotatable bonds is 8. The van der Waals surface area contributed by atoms with Crippen LogP contribution in [0.25, 0.3) is 33.1 Å². The molecule has 0 unspecified atom stereocenters. The molecule has 2 aromatic heterocycles. The second kappa shape index (κ2) is 9.87. The van der Waals surface area contributed by atoms with E-state index in [-0.39, 0.29) is 16.2 Å². The van der Waals surface area contributed by atoms with Gasteiger partial charge in [-0.2, -0.15) is 5.10 Å². The van der Waals surface area contributed by atoms with Gasteiger partial charge in [-0.15, -0.1) is 0 Å². The van der Waals surface area contributed by atoms with Crippen LogP contribution < -0.4 is 9.47 Å². The second-order valence-corrected chi connectivity index (χ2v) is 9.49. The Balaban J connectivity index is 1.90. The number of pyridine rings is 1. The van der Waals surface area contributed by atoms with E-state index in [4.69, 9.17) is 21.1 Å². The molecule has 0 atom stereocenters. The number of nitrogens with zero attached hydrogens (tertiary/aromatic N) is 3. The van der Waals surface area contributed by atoms with Crippen LogP contribution in [0.15, 0.2) is 24.3 Å². The van der Waals surface area contributed by atoms with E-state index in [0.29, 0.717) is 64.4 Å². The van der Waals surface area contributed by atoms with Crippen LogP contribution in [0.1, 0.15) is 33.4 Å². The molecule has 2 aromatic carbocycles. The Hall–Kier alpha value is -3.10. The third kappa shape index (κ3) is 4.60. The van der Waals surface area contributed by atoms with Gasteiger partial charge >= 0.3 is 0 Å². The SMILES string of the molecule is COc1c(OCCN(C(C)C)C(C)C)cc(F)c2c(-c3ccc(O)c(Cl)c3)nc3n[nH]c(C)c3c12. The second-order valence-electron chi connectivity index (χ2n) is 9.09. The van der Waals surface area contributed by atoms with Crippen LogP contribution in [0.5, 0.6) is 17.2 Å². The van der Waals surface area contributed by atoms with Gasteiger partial charge in [0.1, 0.15) is 18.2 Å². The average molecular weight is 501 g/mol. The number of halogens is 2. The summed E-state index contributed by atoms with van der Waals surface area (Å²) in [6.45, 7) is 11.5. The van der Waals surface area contributed by atoms with Crippen molar-refractivity contribution in [2.24, 2.45) is 0 Å². The molecule has 7 nitrogen and oxygen atoms in total. The highest BCUT2D eigenvalue weighted by Crippen LogP contribution is 2.45. The summed E-state index contributed by atoms with van der Waals surface area (Å²) in [6, 6.07) is 6.68. The number of H-pyrrole nitrogens is 1. The lowest BCUT2D eigenvalue weighted by molar-refractivity contribution is 0.140. The number of methoxy groups -OCH3 is 1.